The summed E-state index contributed by atoms with van der Waals surface area (Å²) >= 11 is 0. The molecule has 1 aliphatic heterocycles. The maximum Gasteiger partial charge on any atom is 0.267 e. The topological polar surface area (TPSA) is 171 Å². The molecule has 2 rings (SSSR count). The van der Waals surface area contributed by atoms with Gasteiger partial charge in [-0.15, -0.1) is 0 Å². The number of hydrogen-bond donors (Lipinski definition) is 3. The number of amides is 3. The summed E-state index contributed by atoms with van der Waals surface area (Å²) in [6, 6.07) is 4.54. The smallest absolute Gasteiger partial charge is 0.267 e. The summed E-state index contributed by atoms with van der Waals surface area (Å²) in [4.78, 5) is 55.1. The molecule has 1 aromatic rings. The highest BCUT2D eigenvalue weighted by molar-refractivity contribution is 6.22. The van der Waals surface area contributed by atoms with Gasteiger partial charge in [0.15, 0.2) is 12.8 Å². The number of fused-ring (bicyclic) bond motifs is 1. The third-order valence-corrected chi connectivity index (χ3v) is 5.26. The molecule has 3 N–H and O–H groups in total. The number of aliphatic hydroxyl groups excluding tert-OH is 1. The zero-order valence-corrected chi connectivity index (χ0v) is 24.1. The minimum atomic E-state index is -0.981. The van der Waals surface area contributed by atoms with Crippen molar-refractivity contribution in [3.63, 3.8) is 0 Å². The number of rotatable bonds is 23. The Kier molecular flexibility index (Phi) is 19.9. The predicted molar refractivity (Wildman–Crippen MR) is 146 cm³/mol. The van der Waals surface area contributed by atoms with E-state index in [0.717, 1.165) is 4.90 Å². The Morgan fingerprint density at radius 2 is 1.56 bits per heavy atom. The molecular formula is C27H43N3O11. The number of aliphatic hydroxyl groups is 1. The minimum absolute atomic E-state index is 0.0136. The molecule has 1 aromatic carbocycles. The van der Waals surface area contributed by atoms with Crippen molar-refractivity contribution < 1.29 is 52.8 Å². The maximum absolute atomic E-state index is 13.1. The maximum atomic E-state index is 13.1. The molecule has 0 fully saturated rings. The number of carbonyl (C=O) groups is 4. The number of benzene rings is 1. The second-order valence-corrected chi connectivity index (χ2v) is 7.99. The lowest BCUT2D eigenvalue weighted by Gasteiger charge is -2.24. The molecule has 0 bridgehead atoms. The molecule has 1 unspecified atom stereocenters. The zero-order valence-electron chi connectivity index (χ0n) is 24.1. The summed E-state index contributed by atoms with van der Waals surface area (Å²) in [7, 11) is 1.48. The van der Waals surface area contributed by atoms with Crippen molar-refractivity contribution in [3.05, 3.63) is 29.3 Å². The van der Waals surface area contributed by atoms with Crippen LogP contribution in [0.25, 0.3) is 0 Å². The normalized spacial score (nSPS) is 12.9. The lowest BCUT2D eigenvalue weighted by atomic mass is 10.1. The molecule has 41 heavy (non-hydrogen) atoms. The van der Waals surface area contributed by atoms with Gasteiger partial charge in [-0.25, -0.2) is 10.4 Å². The average Bonchev–Trinajstić information content (AvgIpc) is 3.25. The van der Waals surface area contributed by atoms with E-state index in [0.29, 0.717) is 52.5 Å². The molecule has 14 nitrogen and oxygen atoms in total. The van der Waals surface area contributed by atoms with E-state index in [1.807, 2.05) is 13.8 Å². The number of imide groups is 1. The van der Waals surface area contributed by atoms with Crippen molar-refractivity contribution in [3.8, 4) is 5.75 Å². The summed E-state index contributed by atoms with van der Waals surface area (Å²) in [6.07, 6.45) is -0.0856. The van der Waals surface area contributed by atoms with Crippen LogP contribution in [-0.4, -0.2) is 120 Å². The van der Waals surface area contributed by atoms with Gasteiger partial charge in [0.2, 0.25) is 0 Å². The van der Waals surface area contributed by atoms with Crippen LogP contribution in [0.2, 0.25) is 0 Å². The molecule has 1 atom stereocenters. The summed E-state index contributed by atoms with van der Waals surface area (Å²) < 4.78 is 26.7. The van der Waals surface area contributed by atoms with Gasteiger partial charge in [-0.2, -0.15) is 0 Å². The van der Waals surface area contributed by atoms with Gasteiger partial charge in [-0.3, -0.25) is 19.2 Å². The zero-order chi connectivity index (χ0) is 30.3. The second kappa shape index (κ2) is 22.7. The van der Waals surface area contributed by atoms with Crippen LogP contribution in [0.1, 0.15) is 47.4 Å². The van der Waals surface area contributed by atoms with Crippen molar-refractivity contribution in [2.45, 2.75) is 32.9 Å². The number of hydroxylamine groups is 1. The first-order chi connectivity index (χ1) is 20.0. The number of hydrogen-bond acceptors (Lipinski definition) is 12. The van der Waals surface area contributed by atoms with Gasteiger partial charge in [-0.05, 0) is 12.1 Å². The average molecular weight is 586 g/mol. The standard InChI is InChI=1S/C25H37N3O11.C2H6/c1-26-39-22(6-3-8-29)28-24(32)19-4-2-5-20(23(19)25(28)33)38-18-21(31)27-7-10-34-12-14-36-16-17-37-15-13-35-11-9-30;1-2/h2,4-5,8,22,26,30H,3,6-7,9-18H2,1H3,(H,27,31);1-2H3. The molecule has 0 saturated heterocycles. The van der Waals surface area contributed by atoms with Crippen molar-refractivity contribution in [2.24, 2.45) is 0 Å². The third kappa shape index (κ3) is 13.0. The van der Waals surface area contributed by atoms with E-state index in [4.69, 9.17) is 33.6 Å². The fourth-order valence-corrected chi connectivity index (χ4v) is 3.52. The van der Waals surface area contributed by atoms with Crippen LogP contribution in [0.15, 0.2) is 18.2 Å². The van der Waals surface area contributed by atoms with Gasteiger partial charge in [0, 0.05) is 26.4 Å². The molecule has 0 aliphatic carbocycles. The van der Waals surface area contributed by atoms with Crippen molar-refractivity contribution in [2.75, 3.05) is 79.7 Å². The summed E-state index contributed by atoms with van der Waals surface area (Å²) in [6.45, 7) is 6.83. The van der Waals surface area contributed by atoms with E-state index in [1.54, 1.807) is 6.07 Å². The first kappa shape index (κ1) is 36.0. The molecule has 0 spiro atoms. The van der Waals surface area contributed by atoms with Gasteiger partial charge in [0.25, 0.3) is 17.7 Å². The fraction of sp³-hybridized carbons (Fsp3) is 0.630. The third-order valence-electron chi connectivity index (χ3n) is 5.26. The number of nitrogens with zero attached hydrogens (tertiary/aromatic N) is 1. The predicted octanol–water partition coefficient (Wildman–Crippen LogP) is 0.319. The van der Waals surface area contributed by atoms with Crippen LogP contribution in [0.4, 0.5) is 0 Å². The highest BCUT2D eigenvalue weighted by Gasteiger charge is 2.42. The van der Waals surface area contributed by atoms with E-state index in [9.17, 15) is 19.2 Å². The van der Waals surface area contributed by atoms with E-state index in [1.165, 1.54) is 19.2 Å². The largest absolute Gasteiger partial charge is 0.483 e. The molecule has 232 valence electrons. The number of ether oxygens (including phenoxy) is 5. The van der Waals surface area contributed by atoms with E-state index in [-0.39, 0.29) is 56.1 Å². The Morgan fingerprint density at radius 3 is 2.15 bits per heavy atom. The number of aldehydes is 1. The van der Waals surface area contributed by atoms with Gasteiger partial charge in [-0.1, -0.05) is 19.9 Å². The van der Waals surface area contributed by atoms with Crippen LogP contribution in [0, 0.1) is 0 Å². The van der Waals surface area contributed by atoms with Crippen LogP contribution >= 0.6 is 0 Å². The van der Waals surface area contributed by atoms with E-state index >= 15 is 0 Å². The lowest BCUT2D eigenvalue weighted by Crippen LogP contribution is -2.43. The van der Waals surface area contributed by atoms with Crippen LogP contribution < -0.4 is 15.5 Å². The molecule has 14 heteroatoms. The minimum Gasteiger partial charge on any atom is -0.483 e. The molecule has 0 saturated carbocycles. The SMILES string of the molecule is CC.CNOC(CCC=O)N1C(=O)c2cccc(OCC(=O)NCCOCCOCCOCCOCCO)c2C1=O. The quantitative estimate of drug-likeness (QED) is 0.0696. The van der Waals surface area contributed by atoms with Crippen molar-refractivity contribution in [1.29, 1.82) is 0 Å². The first-order valence-electron chi connectivity index (χ1n) is 13.6. The van der Waals surface area contributed by atoms with Gasteiger partial charge < -0.3 is 38.9 Å². The van der Waals surface area contributed by atoms with Crippen LogP contribution in [0.5, 0.6) is 5.75 Å². The van der Waals surface area contributed by atoms with Crippen LogP contribution in [-0.2, 0) is 33.4 Å². The Hall–Kier alpha value is -2.98. The molecule has 0 aromatic heterocycles. The highest BCUT2D eigenvalue weighted by Crippen LogP contribution is 2.33. The molecule has 1 aliphatic rings. The van der Waals surface area contributed by atoms with Crippen LogP contribution in [0.3, 0.4) is 0 Å². The Bertz CT molecular complexity index is 916. The Balaban J connectivity index is 0.00000411. The number of carbonyl (C=O) groups excluding carboxylic acids is 4. The van der Waals surface area contributed by atoms with E-state index in [2.05, 4.69) is 10.8 Å². The summed E-state index contributed by atoms with van der Waals surface area (Å²) in [5.74, 6) is -1.54. The second-order valence-electron chi connectivity index (χ2n) is 7.99. The van der Waals surface area contributed by atoms with Gasteiger partial charge in [0.05, 0.1) is 70.6 Å². The van der Waals surface area contributed by atoms with Crippen molar-refractivity contribution in [1.82, 2.24) is 15.7 Å². The molecule has 1 heterocycles. The number of nitrogens with one attached hydrogen (secondary N) is 2. The highest BCUT2D eigenvalue weighted by atomic mass is 16.7. The monoisotopic (exact) mass is 585 g/mol. The molecule has 0 radical (unpaired) electrons. The fourth-order valence-electron chi connectivity index (χ4n) is 3.52. The lowest BCUT2D eigenvalue weighted by molar-refractivity contribution is -0.123. The molecule has 3 amide bonds. The molecular weight excluding hydrogens is 542 g/mol. The first-order valence-corrected chi connectivity index (χ1v) is 13.6. The Labute approximate surface area is 240 Å². The summed E-state index contributed by atoms with van der Waals surface area (Å²) in [5, 5.41) is 11.2. The van der Waals surface area contributed by atoms with Gasteiger partial charge in [0.1, 0.15) is 12.0 Å². The van der Waals surface area contributed by atoms with E-state index < -0.39 is 23.9 Å². The Morgan fingerprint density at radius 1 is 0.951 bits per heavy atom. The summed E-state index contributed by atoms with van der Waals surface area (Å²) in [5.41, 5.74) is 2.62. The van der Waals surface area contributed by atoms with Gasteiger partial charge >= 0.3 is 0 Å². The van der Waals surface area contributed by atoms with Crippen molar-refractivity contribution >= 4 is 24.0 Å².